The largest absolute Gasteiger partial charge is 0.387 e. The molecule has 0 bridgehead atoms. The predicted molar refractivity (Wildman–Crippen MR) is 44.7 cm³/mol. The van der Waals surface area contributed by atoms with E-state index >= 15 is 0 Å². The lowest BCUT2D eigenvalue weighted by molar-refractivity contribution is 1.23. The van der Waals surface area contributed by atoms with Crippen molar-refractivity contribution in [2.75, 3.05) is 0 Å². The molecule has 0 aliphatic heterocycles. The van der Waals surface area contributed by atoms with E-state index in [1.54, 1.807) is 11.3 Å². The molecule has 0 unspecified atom stereocenters. The summed E-state index contributed by atoms with van der Waals surface area (Å²) in [5.41, 5.74) is 7.66. The van der Waals surface area contributed by atoms with Crippen LogP contribution in [0.4, 0.5) is 0 Å². The maximum absolute atomic E-state index is 7.05. The summed E-state index contributed by atoms with van der Waals surface area (Å²) in [6.45, 7) is 2.04. The predicted octanol–water partition coefficient (Wildman–Crippen LogP) is 1.53. The number of amidine groups is 1. The average molecular weight is 154 g/mol. The molecule has 54 valence electrons. The maximum atomic E-state index is 7.05. The minimum absolute atomic E-state index is 0.238. The second-order valence-electron chi connectivity index (χ2n) is 2.28. The second kappa shape index (κ2) is 2.84. The molecule has 1 heterocycles. The van der Waals surface area contributed by atoms with Crippen molar-refractivity contribution in [3.63, 3.8) is 0 Å². The SMILES string of the molecule is Cc1cscc1CC(=N)N. The first kappa shape index (κ1) is 7.28. The highest BCUT2D eigenvalue weighted by molar-refractivity contribution is 7.08. The fraction of sp³-hybridized carbons (Fsp3) is 0.286. The molecule has 1 aromatic heterocycles. The van der Waals surface area contributed by atoms with Gasteiger partial charge < -0.3 is 5.73 Å². The van der Waals surface area contributed by atoms with Crippen molar-refractivity contribution in [3.8, 4) is 0 Å². The molecule has 0 saturated heterocycles. The quantitative estimate of drug-likeness (QED) is 0.492. The number of nitrogens with two attached hydrogens (primary N) is 1. The molecule has 0 amide bonds. The Labute approximate surface area is 64.2 Å². The van der Waals surface area contributed by atoms with Gasteiger partial charge in [-0.15, -0.1) is 0 Å². The van der Waals surface area contributed by atoms with E-state index in [2.05, 4.69) is 5.38 Å². The molecular weight excluding hydrogens is 144 g/mol. The topological polar surface area (TPSA) is 49.9 Å². The van der Waals surface area contributed by atoms with Crippen molar-refractivity contribution in [1.82, 2.24) is 0 Å². The Morgan fingerprint density at radius 2 is 2.40 bits per heavy atom. The Balaban J connectivity index is 2.74. The van der Waals surface area contributed by atoms with Gasteiger partial charge in [0.2, 0.25) is 0 Å². The van der Waals surface area contributed by atoms with Gasteiger partial charge in [0.25, 0.3) is 0 Å². The van der Waals surface area contributed by atoms with Crippen LogP contribution >= 0.6 is 11.3 Å². The van der Waals surface area contributed by atoms with E-state index < -0.39 is 0 Å². The summed E-state index contributed by atoms with van der Waals surface area (Å²) in [7, 11) is 0. The van der Waals surface area contributed by atoms with Crippen molar-refractivity contribution < 1.29 is 0 Å². The normalized spacial score (nSPS) is 9.70. The summed E-state index contributed by atoms with van der Waals surface area (Å²) in [5, 5.41) is 11.2. The van der Waals surface area contributed by atoms with Crippen LogP contribution in [0.25, 0.3) is 0 Å². The third kappa shape index (κ3) is 1.57. The number of nitrogens with one attached hydrogen (secondary N) is 1. The summed E-state index contributed by atoms with van der Waals surface area (Å²) in [5.74, 6) is 0.238. The van der Waals surface area contributed by atoms with Gasteiger partial charge in [0, 0.05) is 6.42 Å². The minimum Gasteiger partial charge on any atom is -0.387 e. The first-order chi connectivity index (χ1) is 4.70. The van der Waals surface area contributed by atoms with E-state index in [0.29, 0.717) is 6.42 Å². The molecule has 10 heavy (non-hydrogen) atoms. The van der Waals surface area contributed by atoms with Crippen LogP contribution in [0.3, 0.4) is 0 Å². The van der Waals surface area contributed by atoms with Gasteiger partial charge in [0.15, 0.2) is 0 Å². The van der Waals surface area contributed by atoms with Crippen LogP contribution in [0, 0.1) is 12.3 Å². The van der Waals surface area contributed by atoms with Gasteiger partial charge in [-0.25, -0.2) is 0 Å². The summed E-state index contributed by atoms with van der Waals surface area (Å²) in [6, 6.07) is 0. The van der Waals surface area contributed by atoms with E-state index in [0.717, 1.165) is 0 Å². The summed E-state index contributed by atoms with van der Waals surface area (Å²) in [6.07, 6.45) is 0.593. The molecule has 0 aromatic carbocycles. The van der Waals surface area contributed by atoms with Gasteiger partial charge >= 0.3 is 0 Å². The lowest BCUT2D eigenvalue weighted by Crippen LogP contribution is -2.12. The van der Waals surface area contributed by atoms with Crippen LogP contribution in [0.1, 0.15) is 11.1 Å². The van der Waals surface area contributed by atoms with E-state index in [1.165, 1.54) is 11.1 Å². The minimum atomic E-state index is 0.238. The summed E-state index contributed by atoms with van der Waals surface area (Å²) < 4.78 is 0. The number of hydrogen-bond acceptors (Lipinski definition) is 2. The van der Waals surface area contributed by atoms with Crippen LogP contribution in [0.15, 0.2) is 10.8 Å². The molecule has 0 aliphatic rings. The molecule has 0 fully saturated rings. The van der Waals surface area contributed by atoms with Crippen molar-refractivity contribution >= 4 is 17.2 Å². The van der Waals surface area contributed by atoms with Crippen molar-refractivity contribution in [3.05, 3.63) is 21.9 Å². The van der Waals surface area contributed by atoms with Gasteiger partial charge in [0.1, 0.15) is 0 Å². The van der Waals surface area contributed by atoms with E-state index in [-0.39, 0.29) is 5.84 Å². The highest BCUT2D eigenvalue weighted by atomic mass is 32.1. The number of thiophene rings is 1. The molecule has 0 saturated carbocycles. The molecular formula is C7H10N2S. The Kier molecular flexibility index (Phi) is 2.06. The third-order valence-electron chi connectivity index (χ3n) is 1.34. The first-order valence-electron chi connectivity index (χ1n) is 3.04. The van der Waals surface area contributed by atoms with E-state index in [9.17, 15) is 0 Å². The fourth-order valence-corrected chi connectivity index (χ4v) is 1.63. The molecule has 3 heteroatoms. The molecule has 1 rings (SSSR count). The number of rotatable bonds is 2. The highest BCUT2D eigenvalue weighted by Crippen LogP contribution is 2.13. The van der Waals surface area contributed by atoms with Crippen LogP contribution in [0.2, 0.25) is 0 Å². The lowest BCUT2D eigenvalue weighted by atomic mass is 10.1. The zero-order valence-electron chi connectivity index (χ0n) is 5.85. The van der Waals surface area contributed by atoms with Gasteiger partial charge in [0.05, 0.1) is 5.84 Å². The molecule has 0 atom stereocenters. The van der Waals surface area contributed by atoms with Crippen molar-refractivity contribution in [2.24, 2.45) is 5.73 Å². The fourth-order valence-electron chi connectivity index (χ4n) is 0.773. The molecule has 0 aliphatic carbocycles. The Hall–Kier alpha value is -0.830. The molecule has 2 nitrogen and oxygen atoms in total. The van der Waals surface area contributed by atoms with Gasteiger partial charge in [-0.2, -0.15) is 11.3 Å². The highest BCUT2D eigenvalue weighted by Gasteiger charge is 1.99. The molecule has 0 radical (unpaired) electrons. The average Bonchev–Trinajstić information content (AvgIpc) is 2.15. The van der Waals surface area contributed by atoms with Gasteiger partial charge in [-0.1, -0.05) is 0 Å². The van der Waals surface area contributed by atoms with Crippen molar-refractivity contribution in [2.45, 2.75) is 13.3 Å². The van der Waals surface area contributed by atoms with Crippen LogP contribution < -0.4 is 5.73 Å². The van der Waals surface area contributed by atoms with Crippen LogP contribution in [-0.4, -0.2) is 5.84 Å². The zero-order chi connectivity index (χ0) is 7.56. The first-order valence-corrected chi connectivity index (χ1v) is 3.99. The molecule has 3 N–H and O–H groups in total. The Morgan fingerprint density at radius 3 is 2.80 bits per heavy atom. The van der Waals surface area contributed by atoms with Crippen LogP contribution in [0.5, 0.6) is 0 Å². The summed E-state index contributed by atoms with van der Waals surface area (Å²) in [4.78, 5) is 0. The third-order valence-corrected chi connectivity index (χ3v) is 2.25. The Bertz CT molecular complexity index is 240. The maximum Gasteiger partial charge on any atom is 0.0950 e. The standard InChI is InChI=1S/C7H10N2S/c1-5-3-10-4-6(5)2-7(8)9/h3-4H,2H2,1H3,(H3,8,9). The number of hydrogen-bond donors (Lipinski definition) is 2. The van der Waals surface area contributed by atoms with Crippen LogP contribution in [-0.2, 0) is 6.42 Å². The molecule has 1 aromatic rings. The number of aryl methyl sites for hydroxylation is 1. The second-order valence-corrected chi connectivity index (χ2v) is 3.03. The summed E-state index contributed by atoms with van der Waals surface area (Å²) >= 11 is 1.66. The Morgan fingerprint density at radius 1 is 1.70 bits per heavy atom. The zero-order valence-corrected chi connectivity index (χ0v) is 6.66. The smallest absolute Gasteiger partial charge is 0.0950 e. The van der Waals surface area contributed by atoms with Gasteiger partial charge in [-0.05, 0) is 28.8 Å². The monoisotopic (exact) mass is 154 g/mol. The van der Waals surface area contributed by atoms with E-state index in [1.807, 2.05) is 12.3 Å². The van der Waals surface area contributed by atoms with Gasteiger partial charge in [-0.3, -0.25) is 5.41 Å². The lowest BCUT2D eigenvalue weighted by Gasteiger charge is -1.95. The van der Waals surface area contributed by atoms with Crippen molar-refractivity contribution in [1.29, 1.82) is 5.41 Å². The molecule has 0 spiro atoms. The van der Waals surface area contributed by atoms with E-state index in [4.69, 9.17) is 11.1 Å².